The smallest absolute Gasteiger partial charge is 0.335 e. The van der Waals surface area contributed by atoms with E-state index >= 15 is 0 Å². The molecule has 0 aromatic heterocycles. The van der Waals surface area contributed by atoms with E-state index in [2.05, 4.69) is 10.6 Å². The first-order chi connectivity index (χ1) is 9.06. The van der Waals surface area contributed by atoms with Crippen molar-refractivity contribution in [2.75, 3.05) is 16.8 Å². The van der Waals surface area contributed by atoms with Crippen LogP contribution in [0.4, 0.5) is 10.5 Å². The standard InChI is InChI=1S/C12H14N2O4S/c15-10-5-7(11(16)17)1-2-9(10)14-12(18)13-8-3-4-19-6-8/h1-2,5,8,15H,3-4,6H2,(H,16,17)(H2,13,14,18). The average molecular weight is 282 g/mol. The van der Waals surface area contributed by atoms with Gasteiger partial charge in [-0.25, -0.2) is 9.59 Å². The summed E-state index contributed by atoms with van der Waals surface area (Å²) in [5, 5.41) is 23.7. The number of benzene rings is 1. The number of amides is 2. The number of nitrogens with one attached hydrogen (secondary N) is 2. The first kappa shape index (κ1) is 13.5. The van der Waals surface area contributed by atoms with E-state index in [0.717, 1.165) is 24.0 Å². The summed E-state index contributed by atoms with van der Waals surface area (Å²) in [5.41, 5.74) is 0.156. The highest BCUT2D eigenvalue weighted by molar-refractivity contribution is 7.99. The van der Waals surface area contributed by atoms with Crippen molar-refractivity contribution in [2.45, 2.75) is 12.5 Å². The van der Waals surface area contributed by atoms with Gasteiger partial charge in [0.1, 0.15) is 5.75 Å². The predicted octanol–water partition coefficient (Wildman–Crippen LogP) is 1.72. The van der Waals surface area contributed by atoms with Crippen molar-refractivity contribution in [3.05, 3.63) is 23.8 Å². The largest absolute Gasteiger partial charge is 0.506 e. The fourth-order valence-electron chi connectivity index (χ4n) is 1.76. The van der Waals surface area contributed by atoms with Crippen molar-refractivity contribution in [2.24, 2.45) is 0 Å². The molecule has 102 valence electrons. The van der Waals surface area contributed by atoms with E-state index in [1.807, 2.05) is 0 Å². The molecular weight excluding hydrogens is 268 g/mol. The minimum Gasteiger partial charge on any atom is -0.506 e. The minimum atomic E-state index is -1.13. The van der Waals surface area contributed by atoms with E-state index in [0.29, 0.717) is 0 Å². The molecule has 1 aromatic rings. The van der Waals surface area contributed by atoms with Crippen LogP contribution in [0.25, 0.3) is 0 Å². The lowest BCUT2D eigenvalue weighted by molar-refractivity contribution is 0.0696. The van der Waals surface area contributed by atoms with E-state index in [-0.39, 0.29) is 23.0 Å². The second-order valence-corrected chi connectivity index (χ2v) is 5.35. The molecule has 0 saturated carbocycles. The van der Waals surface area contributed by atoms with Crippen LogP contribution in [0.2, 0.25) is 0 Å². The maximum atomic E-state index is 11.7. The summed E-state index contributed by atoms with van der Waals surface area (Å²) >= 11 is 1.78. The molecule has 0 aliphatic carbocycles. The highest BCUT2D eigenvalue weighted by atomic mass is 32.2. The Morgan fingerprint density at radius 2 is 2.16 bits per heavy atom. The van der Waals surface area contributed by atoms with Gasteiger partial charge in [0.05, 0.1) is 11.3 Å². The molecule has 1 atom stereocenters. The Morgan fingerprint density at radius 3 is 2.74 bits per heavy atom. The van der Waals surface area contributed by atoms with Crippen LogP contribution in [-0.2, 0) is 0 Å². The van der Waals surface area contributed by atoms with Crippen LogP contribution in [-0.4, -0.2) is 39.8 Å². The number of carbonyl (C=O) groups is 2. The monoisotopic (exact) mass is 282 g/mol. The average Bonchev–Trinajstić information content (AvgIpc) is 2.84. The van der Waals surface area contributed by atoms with Crippen LogP contribution >= 0.6 is 11.8 Å². The van der Waals surface area contributed by atoms with E-state index in [4.69, 9.17) is 5.11 Å². The third-order valence-corrected chi connectivity index (χ3v) is 3.92. The van der Waals surface area contributed by atoms with Gasteiger partial charge in [0.2, 0.25) is 0 Å². The summed E-state index contributed by atoms with van der Waals surface area (Å²) in [7, 11) is 0. The van der Waals surface area contributed by atoms with Crippen LogP contribution < -0.4 is 10.6 Å². The molecule has 0 bridgehead atoms. The number of carbonyl (C=O) groups excluding carboxylic acids is 1. The molecule has 7 heteroatoms. The number of carboxylic acids is 1. The fourth-order valence-corrected chi connectivity index (χ4v) is 2.91. The molecule has 1 aliphatic rings. The molecule has 0 spiro atoms. The Hall–Kier alpha value is -1.89. The molecule has 1 unspecified atom stereocenters. The number of carboxylic acid groups (broad SMARTS) is 1. The summed E-state index contributed by atoms with van der Waals surface area (Å²) in [6.45, 7) is 0. The third-order valence-electron chi connectivity index (χ3n) is 2.76. The van der Waals surface area contributed by atoms with Gasteiger partial charge in [-0.3, -0.25) is 0 Å². The lowest BCUT2D eigenvalue weighted by Gasteiger charge is -2.13. The number of rotatable bonds is 3. The second-order valence-electron chi connectivity index (χ2n) is 4.20. The predicted molar refractivity (Wildman–Crippen MR) is 73.0 cm³/mol. The SMILES string of the molecule is O=C(Nc1ccc(C(=O)O)cc1O)NC1CCSC1. The fraction of sp³-hybridized carbons (Fsp3) is 0.333. The first-order valence-corrected chi connectivity index (χ1v) is 6.93. The van der Waals surface area contributed by atoms with Crippen molar-refractivity contribution in [1.29, 1.82) is 0 Å². The van der Waals surface area contributed by atoms with E-state index < -0.39 is 12.0 Å². The van der Waals surface area contributed by atoms with Crippen LogP contribution in [0.3, 0.4) is 0 Å². The third kappa shape index (κ3) is 3.54. The van der Waals surface area contributed by atoms with E-state index in [1.54, 1.807) is 11.8 Å². The lowest BCUT2D eigenvalue weighted by Crippen LogP contribution is -2.37. The highest BCUT2D eigenvalue weighted by Gasteiger charge is 2.18. The molecule has 1 fully saturated rings. The Balaban J connectivity index is 1.98. The quantitative estimate of drug-likeness (QED) is 0.633. The van der Waals surface area contributed by atoms with Gasteiger partial charge in [-0.2, -0.15) is 11.8 Å². The molecule has 1 heterocycles. The maximum Gasteiger partial charge on any atom is 0.335 e. The molecule has 1 aromatic carbocycles. The second kappa shape index (κ2) is 5.83. The van der Waals surface area contributed by atoms with E-state index in [9.17, 15) is 14.7 Å². The molecule has 0 radical (unpaired) electrons. The van der Waals surface area contributed by atoms with Crippen LogP contribution in [0.5, 0.6) is 5.75 Å². The van der Waals surface area contributed by atoms with Crippen molar-refractivity contribution in [3.8, 4) is 5.75 Å². The summed E-state index contributed by atoms with van der Waals surface area (Å²) < 4.78 is 0. The van der Waals surface area contributed by atoms with Crippen molar-refractivity contribution in [1.82, 2.24) is 5.32 Å². The van der Waals surface area contributed by atoms with Gasteiger partial charge in [-0.05, 0) is 30.4 Å². The molecular formula is C12H14N2O4S. The van der Waals surface area contributed by atoms with Gasteiger partial charge in [-0.15, -0.1) is 0 Å². The number of phenolic OH excluding ortho intramolecular Hbond substituents is 1. The summed E-state index contributed by atoms with van der Waals surface area (Å²) in [4.78, 5) is 22.4. The molecule has 6 nitrogen and oxygen atoms in total. The number of phenols is 1. The van der Waals surface area contributed by atoms with Crippen molar-refractivity contribution in [3.63, 3.8) is 0 Å². The van der Waals surface area contributed by atoms with Gasteiger partial charge in [0.15, 0.2) is 0 Å². The Morgan fingerprint density at radius 1 is 1.37 bits per heavy atom. The Kier molecular flexibility index (Phi) is 4.16. The number of hydrogen-bond donors (Lipinski definition) is 4. The molecule has 4 N–H and O–H groups in total. The number of hydrogen-bond acceptors (Lipinski definition) is 4. The zero-order chi connectivity index (χ0) is 13.8. The summed E-state index contributed by atoms with van der Waals surface area (Å²) in [5.74, 6) is 0.519. The Labute approximate surface area is 114 Å². The topological polar surface area (TPSA) is 98.7 Å². The van der Waals surface area contributed by atoms with Gasteiger partial charge < -0.3 is 20.8 Å². The van der Waals surface area contributed by atoms with Gasteiger partial charge in [0, 0.05) is 11.8 Å². The van der Waals surface area contributed by atoms with Gasteiger partial charge in [0.25, 0.3) is 0 Å². The van der Waals surface area contributed by atoms with Crippen molar-refractivity contribution >= 4 is 29.4 Å². The normalized spacial score (nSPS) is 18.0. The number of anilines is 1. The van der Waals surface area contributed by atoms with Crippen LogP contribution in [0.15, 0.2) is 18.2 Å². The van der Waals surface area contributed by atoms with Crippen LogP contribution in [0, 0.1) is 0 Å². The molecule has 2 amide bonds. The molecule has 19 heavy (non-hydrogen) atoms. The zero-order valence-electron chi connectivity index (χ0n) is 10.0. The molecule has 2 rings (SSSR count). The number of thioether (sulfide) groups is 1. The maximum absolute atomic E-state index is 11.7. The summed E-state index contributed by atoms with van der Waals surface area (Å²) in [6.07, 6.45) is 0.933. The lowest BCUT2D eigenvalue weighted by atomic mass is 10.2. The van der Waals surface area contributed by atoms with Gasteiger partial charge >= 0.3 is 12.0 Å². The first-order valence-electron chi connectivity index (χ1n) is 5.78. The number of urea groups is 1. The molecule has 1 saturated heterocycles. The zero-order valence-corrected chi connectivity index (χ0v) is 10.9. The van der Waals surface area contributed by atoms with E-state index in [1.165, 1.54) is 12.1 Å². The molecule has 1 aliphatic heterocycles. The van der Waals surface area contributed by atoms with Crippen LogP contribution in [0.1, 0.15) is 16.8 Å². The highest BCUT2D eigenvalue weighted by Crippen LogP contribution is 2.24. The Bertz CT molecular complexity index is 501. The van der Waals surface area contributed by atoms with Crippen molar-refractivity contribution < 1.29 is 19.8 Å². The summed E-state index contributed by atoms with van der Waals surface area (Å²) in [6, 6.07) is 3.53. The number of aromatic carboxylic acids is 1. The minimum absolute atomic E-state index is 0.0318. The van der Waals surface area contributed by atoms with Gasteiger partial charge in [-0.1, -0.05) is 0 Å². The number of aromatic hydroxyl groups is 1.